The molecule has 1 unspecified atom stereocenters. The van der Waals surface area contributed by atoms with E-state index in [1.807, 2.05) is 11.7 Å². The molecule has 1 N–H and O–H groups in total. The standard InChI is InChI=1S/C12H22N2O2S/c1-11(12-9-13-10-17-12)14-5-3-4-6-16-8-7-15-2/h9-11,14H,3-8H2,1-2H3. The van der Waals surface area contributed by atoms with Crippen molar-refractivity contribution in [3.05, 3.63) is 16.6 Å². The molecular formula is C12H22N2O2S. The smallest absolute Gasteiger partial charge is 0.0794 e. The first-order valence-corrected chi connectivity index (χ1v) is 6.91. The van der Waals surface area contributed by atoms with Crippen LogP contribution < -0.4 is 5.32 Å². The molecule has 0 saturated heterocycles. The van der Waals surface area contributed by atoms with Crippen molar-refractivity contribution in [2.24, 2.45) is 0 Å². The lowest BCUT2D eigenvalue weighted by Gasteiger charge is -2.11. The fourth-order valence-electron chi connectivity index (χ4n) is 1.43. The number of nitrogens with zero attached hydrogens (tertiary/aromatic N) is 1. The number of unbranched alkanes of at least 4 members (excludes halogenated alkanes) is 1. The molecule has 0 aliphatic heterocycles. The largest absolute Gasteiger partial charge is 0.382 e. The summed E-state index contributed by atoms with van der Waals surface area (Å²) in [4.78, 5) is 5.37. The lowest BCUT2D eigenvalue weighted by molar-refractivity contribution is 0.0687. The zero-order valence-electron chi connectivity index (χ0n) is 10.6. The summed E-state index contributed by atoms with van der Waals surface area (Å²) in [6.45, 7) is 5.39. The van der Waals surface area contributed by atoms with Gasteiger partial charge in [0.05, 0.1) is 18.7 Å². The molecular weight excluding hydrogens is 236 g/mol. The molecule has 0 aliphatic carbocycles. The number of thiazole rings is 1. The second-order valence-corrected chi connectivity index (χ2v) is 4.81. The second-order valence-electron chi connectivity index (χ2n) is 3.89. The molecule has 0 radical (unpaired) electrons. The minimum atomic E-state index is 0.400. The predicted octanol–water partition coefficient (Wildman–Crippen LogP) is 2.24. The Morgan fingerprint density at radius 2 is 2.24 bits per heavy atom. The van der Waals surface area contributed by atoms with E-state index < -0.39 is 0 Å². The van der Waals surface area contributed by atoms with E-state index in [0.29, 0.717) is 19.3 Å². The molecule has 1 atom stereocenters. The Morgan fingerprint density at radius 3 is 2.94 bits per heavy atom. The fourth-order valence-corrected chi connectivity index (χ4v) is 2.08. The van der Waals surface area contributed by atoms with Crippen LogP contribution in [0.4, 0.5) is 0 Å². The highest BCUT2D eigenvalue weighted by molar-refractivity contribution is 7.09. The number of aromatic nitrogens is 1. The zero-order valence-corrected chi connectivity index (χ0v) is 11.5. The van der Waals surface area contributed by atoms with E-state index in [2.05, 4.69) is 17.2 Å². The van der Waals surface area contributed by atoms with Crippen LogP contribution in [-0.2, 0) is 9.47 Å². The van der Waals surface area contributed by atoms with Gasteiger partial charge < -0.3 is 14.8 Å². The summed E-state index contributed by atoms with van der Waals surface area (Å²) < 4.78 is 10.3. The molecule has 1 aromatic rings. The Balaban J connectivity index is 1.90. The van der Waals surface area contributed by atoms with Crippen LogP contribution in [-0.4, -0.2) is 38.5 Å². The number of hydrogen-bond donors (Lipinski definition) is 1. The molecule has 1 heterocycles. The average molecular weight is 258 g/mol. The van der Waals surface area contributed by atoms with Crippen LogP contribution in [0.3, 0.4) is 0 Å². The summed E-state index contributed by atoms with van der Waals surface area (Å²) in [6.07, 6.45) is 4.15. The van der Waals surface area contributed by atoms with E-state index in [-0.39, 0.29) is 0 Å². The molecule has 98 valence electrons. The molecule has 17 heavy (non-hydrogen) atoms. The van der Waals surface area contributed by atoms with Gasteiger partial charge in [0.15, 0.2) is 0 Å². The van der Waals surface area contributed by atoms with Crippen molar-refractivity contribution in [3.8, 4) is 0 Å². The highest BCUT2D eigenvalue weighted by Gasteiger charge is 2.04. The maximum Gasteiger partial charge on any atom is 0.0794 e. The summed E-state index contributed by atoms with van der Waals surface area (Å²) >= 11 is 1.70. The molecule has 1 rings (SSSR count). The van der Waals surface area contributed by atoms with E-state index in [9.17, 15) is 0 Å². The number of rotatable bonds is 10. The maximum atomic E-state index is 5.39. The van der Waals surface area contributed by atoms with Gasteiger partial charge in [-0.3, -0.25) is 4.98 Å². The summed E-state index contributed by atoms with van der Waals surface area (Å²) in [7, 11) is 1.69. The highest BCUT2D eigenvalue weighted by atomic mass is 32.1. The fraction of sp³-hybridized carbons (Fsp3) is 0.750. The molecule has 0 fully saturated rings. The molecule has 0 amide bonds. The van der Waals surface area contributed by atoms with Gasteiger partial charge in [-0.25, -0.2) is 0 Å². The van der Waals surface area contributed by atoms with Crippen LogP contribution >= 0.6 is 11.3 Å². The quantitative estimate of drug-likeness (QED) is 0.654. The summed E-state index contributed by atoms with van der Waals surface area (Å²) in [6, 6.07) is 0.400. The van der Waals surface area contributed by atoms with Crippen molar-refractivity contribution in [1.29, 1.82) is 0 Å². The van der Waals surface area contributed by atoms with Crippen molar-refractivity contribution in [2.45, 2.75) is 25.8 Å². The van der Waals surface area contributed by atoms with Crippen LogP contribution in [0.5, 0.6) is 0 Å². The van der Waals surface area contributed by atoms with Crippen molar-refractivity contribution in [2.75, 3.05) is 33.5 Å². The molecule has 5 heteroatoms. The van der Waals surface area contributed by atoms with E-state index in [4.69, 9.17) is 9.47 Å². The molecule has 0 saturated carbocycles. The van der Waals surface area contributed by atoms with Crippen molar-refractivity contribution < 1.29 is 9.47 Å². The summed E-state index contributed by atoms with van der Waals surface area (Å²) in [5.74, 6) is 0. The Morgan fingerprint density at radius 1 is 1.35 bits per heavy atom. The third-order valence-corrected chi connectivity index (χ3v) is 3.43. The number of methoxy groups -OCH3 is 1. The number of ether oxygens (including phenoxy) is 2. The van der Waals surface area contributed by atoms with Gasteiger partial charge in [0.25, 0.3) is 0 Å². The lowest BCUT2D eigenvalue weighted by atomic mass is 10.2. The minimum Gasteiger partial charge on any atom is -0.382 e. The topological polar surface area (TPSA) is 43.4 Å². The molecule has 0 aliphatic rings. The Labute approximate surface area is 107 Å². The van der Waals surface area contributed by atoms with Gasteiger partial charge in [-0.15, -0.1) is 11.3 Å². The van der Waals surface area contributed by atoms with E-state index in [0.717, 1.165) is 26.0 Å². The van der Waals surface area contributed by atoms with Crippen LogP contribution in [0.1, 0.15) is 30.7 Å². The van der Waals surface area contributed by atoms with Gasteiger partial charge in [0, 0.05) is 30.8 Å². The maximum absolute atomic E-state index is 5.39. The second kappa shape index (κ2) is 9.53. The lowest BCUT2D eigenvalue weighted by Crippen LogP contribution is -2.19. The average Bonchev–Trinajstić information content (AvgIpc) is 2.86. The van der Waals surface area contributed by atoms with Crippen LogP contribution in [0.2, 0.25) is 0 Å². The van der Waals surface area contributed by atoms with E-state index in [1.165, 1.54) is 4.88 Å². The van der Waals surface area contributed by atoms with Crippen LogP contribution in [0.25, 0.3) is 0 Å². The zero-order chi connectivity index (χ0) is 12.3. The first-order valence-electron chi connectivity index (χ1n) is 6.03. The summed E-state index contributed by atoms with van der Waals surface area (Å²) in [5, 5.41) is 3.48. The van der Waals surface area contributed by atoms with Crippen molar-refractivity contribution in [3.63, 3.8) is 0 Å². The number of hydrogen-bond acceptors (Lipinski definition) is 5. The molecule has 1 aromatic heterocycles. The van der Waals surface area contributed by atoms with Crippen LogP contribution in [0, 0.1) is 0 Å². The SMILES string of the molecule is COCCOCCCCNC(C)c1cncs1. The van der Waals surface area contributed by atoms with Crippen molar-refractivity contribution in [1.82, 2.24) is 10.3 Å². The third-order valence-electron chi connectivity index (χ3n) is 2.48. The highest BCUT2D eigenvalue weighted by Crippen LogP contribution is 2.15. The first-order chi connectivity index (χ1) is 8.34. The predicted molar refractivity (Wildman–Crippen MR) is 70.5 cm³/mol. The molecule has 4 nitrogen and oxygen atoms in total. The Kier molecular flexibility index (Phi) is 8.17. The first kappa shape index (κ1) is 14.6. The van der Waals surface area contributed by atoms with Crippen LogP contribution in [0.15, 0.2) is 11.7 Å². The van der Waals surface area contributed by atoms with Gasteiger partial charge >= 0.3 is 0 Å². The van der Waals surface area contributed by atoms with Gasteiger partial charge in [-0.05, 0) is 26.3 Å². The molecule has 0 bridgehead atoms. The molecule has 0 aromatic carbocycles. The molecule has 0 spiro atoms. The van der Waals surface area contributed by atoms with E-state index >= 15 is 0 Å². The number of nitrogens with one attached hydrogen (secondary N) is 1. The monoisotopic (exact) mass is 258 g/mol. The normalized spacial score (nSPS) is 12.8. The third kappa shape index (κ3) is 6.73. The Bertz CT molecular complexity index is 267. The van der Waals surface area contributed by atoms with Crippen molar-refractivity contribution >= 4 is 11.3 Å². The Hall–Kier alpha value is -0.490. The van der Waals surface area contributed by atoms with E-state index in [1.54, 1.807) is 18.4 Å². The van der Waals surface area contributed by atoms with Gasteiger partial charge in [-0.1, -0.05) is 0 Å². The van der Waals surface area contributed by atoms with Gasteiger partial charge in [-0.2, -0.15) is 0 Å². The summed E-state index contributed by atoms with van der Waals surface area (Å²) in [5.41, 5.74) is 1.87. The van der Waals surface area contributed by atoms with Gasteiger partial charge in [0.1, 0.15) is 0 Å². The minimum absolute atomic E-state index is 0.400. The van der Waals surface area contributed by atoms with Gasteiger partial charge in [0.2, 0.25) is 0 Å².